The molecule has 2 aliphatic rings. The van der Waals surface area contributed by atoms with E-state index in [2.05, 4.69) is 16.3 Å². The molecule has 2 fully saturated rings. The maximum absolute atomic E-state index is 13.0. The summed E-state index contributed by atoms with van der Waals surface area (Å²) >= 11 is 7.86. The average Bonchev–Trinajstić information content (AvgIpc) is 3.35. The van der Waals surface area contributed by atoms with Crippen molar-refractivity contribution in [3.05, 3.63) is 51.2 Å². The van der Waals surface area contributed by atoms with Gasteiger partial charge in [0.1, 0.15) is 4.90 Å². The van der Waals surface area contributed by atoms with Crippen molar-refractivity contribution >= 4 is 38.9 Å². The first-order chi connectivity index (χ1) is 15.5. The fraction of sp³-hybridized carbons (Fsp3) is 0.476. The molecule has 174 valence electrons. The predicted molar refractivity (Wildman–Crippen MR) is 123 cm³/mol. The number of sulfonamides is 1. The standard InChI is InChI=1S/C21H26ClN3O5S2/c22-17-4-3-16(14-20(17)32(27,28)25-7-11-30-12-8-25)21(26)23-15-18(19-2-1-13-31-19)24-5-9-29-10-6-24/h1-4,13-14,18H,5-12,15H2,(H,23,26)/t18-/m0/s1. The molecule has 0 spiro atoms. The topological polar surface area (TPSA) is 88.2 Å². The molecular formula is C21H26ClN3O5S2. The van der Waals surface area contributed by atoms with E-state index in [0.717, 1.165) is 13.1 Å². The lowest BCUT2D eigenvalue weighted by molar-refractivity contribution is 0.0169. The number of halogens is 1. The van der Waals surface area contributed by atoms with E-state index in [9.17, 15) is 13.2 Å². The van der Waals surface area contributed by atoms with Crippen LogP contribution in [0, 0.1) is 0 Å². The molecule has 0 bridgehead atoms. The van der Waals surface area contributed by atoms with Crippen LogP contribution in [0.4, 0.5) is 0 Å². The first-order valence-corrected chi connectivity index (χ1v) is 13.2. The van der Waals surface area contributed by atoms with Gasteiger partial charge in [0.05, 0.1) is 37.5 Å². The zero-order chi connectivity index (χ0) is 22.6. The number of thiophene rings is 1. The SMILES string of the molecule is O=C(NC[C@@H](c1cccs1)N1CCOCC1)c1ccc(Cl)c(S(=O)(=O)N2CCOCC2)c1. The van der Waals surface area contributed by atoms with Gasteiger partial charge in [0, 0.05) is 43.2 Å². The molecule has 0 aliphatic carbocycles. The first kappa shape index (κ1) is 23.6. The second-order valence-corrected chi connectivity index (χ2v) is 10.8. The van der Waals surface area contributed by atoms with E-state index in [0.29, 0.717) is 33.0 Å². The molecule has 11 heteroatoms. The van der Waals surface area contributed by atoms with E-state index >= 15 is 0 Å². The highest BCUT2D eigenvalue weighted by molar-refractivity contribution is 7.89. The number of amides is 1. The van der Waals surface area contributed by atoms with Crippen LogP contribution in [-0.4, -0.2) is 82.7 Å². The molecule has 0 radical (unpaired) electrons. The number of carbonyl (C=O) groups excluding carboxylic acids is 1. The number of benzene rings is 1. The summed E-state index contributed by atoms with van der Waals surface area (Å²) in [5.41, 5.74) is 0.258. The summed E-state index contributed by atoms with van der Waals surface area (Å²) in [5.74, 6) is -0.338. The lowest BCUT2D eigenvalue weighted by Crippen LogP contribution is -2.43. The Kier molecular flexibility index (Phi) is 7.83. The Morgan fingerprint density at radius 1 is 1.09 bits per heavy atom. The van der Waals surface area contributed by atoms with Gasteiger partial charge in [0.15, 0.2) is 0 Å². The Labute approximate surface area is 197 Å². The maximum Gasteiger partial charge on any atom is 0.251 e. The van der Waals surface area contributed by atoms with Crippen LogP contribution < -0.4 is 5.32 Å². The second kappa shape index (κ2) is 10.6. The largest absolute Gasteiger partial charge is 0.379 e. The van der Waals surface area contributed by atoms with Crippen LogP contribution in [-0.2, 0) is 19.5 Å². The molecule has 2 aromatic rings. The third-order valence-electron chi connectivity index (χ3n) is 5.60. The number of nitrogens with one attached hydrogen (secondary N) is 1. The van der Waals surface area contributed by atoms with E-state index < -0.39 is 10.0 Å². The highest BCUT2D eigenvalue weighted by Crippen LogP contribution is 2.28. The van der Waals surface area contributed by atoms with Crippen LogP contribution in [0.5, 0.6) is 0 Å². The van der Waals surface area contributed by atoms with Gasteiger partial charge in [-0.05, 0) is 29.6 Å². The van der Waals surface area contributed by atoms with Gasteiger partial charge in [-0.2, -0.15) is 4.31 Å². The smallest absolute Gasteiger partial charge is 0.251 e. The molecule has 1 atom stereocenters. The van der Waals surface area contributed by atoms with E-state index in [1.165, 1.54) is 21.3 Å². The van der Waals surface area contributed by atoms with Gasteiger partial charge in [0.2, 0.25) is 10.0 Å². The zero-order valence-electron chi connectivity index (χ0n) is 17.5. The monoisotopic (exact) mass is 499 g/mol. The number of rotatable bonds is 7. The van der Waals surface area contributed by atoms with Crippen molar-refractivity contribution in [1.29, 1.82) is 0 Å². The summed E-state index contributed by atoms with van der Waals surface area (Å²) in [6.07, 6.45) is 0. The molecule has 8 nitrogen and oxygen atoms in total. The van der Waals surface area contributed by atoms with Crippen LogP contribution in [0.2, 0.25) is 5.02 Å². The number of nitrogens with zero attached hydrogens (tertiary/aromatic N) is 2. The quantitative estimate of drug-likeness (QED) is 0.628. The van der Waals surface area contributed by atoms with E-state index in [1.54, 1.807) is 17.4 Å². The van der Waals surface area contributed by atoms with Crippen LogP contribution in [0.1, 0.15) is 21.3 Å². The summed E-state index contributed by atoms with van der Waals surface area (Å²) in [7, 11) is -3.81. The molecule has 1 amide bonds. The minimum atomic E-state index is -3.81. The van der Waals surface area contributed by atoms with Crippen molar-refractivity contribution in [1.82, 2.24) is 14.5 Å². The van der Waals surface area contributed by atoms with Crippen molar-refractivity contribution in [2.75, 3.05) is 59.2 Å². The second-order valence-electron chi connectivity index (χ2n) is 7.55. The minimum absolute atomic E-state index is 0.0340. The van der Waals surface area contributed by atoms with Crippen LogP contribution >= 0.6 is 22.9 Å². The van der Waals surface area contributed by atoms with Gasteiger partial charge in [-0.15, -0.1) is 11.3 Å². The molecule has 4 rings (SSSR count). The van der Waals surface area contributed by atoms with Crippen molar-refractivity contribution in [2.45, 2.75) is 10.9 Å². The van der Waals surface area contributed by atoms with Crippen molar-refractivity contribution in [3.63, 3.8) is 0 Å². The number of carbonyl (C=O) groups is 1. The molecule has 32 heavy (non-hydrogen) atoms. The van der Waals surface area contributed by atoms with Crippen LogP contribution in [0.3, 0.4) is 0 Å². The summed E-state index contributed by atoms with van der Waals surface area (Å²) < 4.78 is 38.1. The fourth-order valence-corrected chi connectivity index (χ4v) is 6.61. The number of hydrogen-bond donors (Lipinski definition) is 1. The summed E-state index contributed by atoms with van der Waals surface area (Å²) in [6.45, 7) is 4.52. The van der Waals surface area contributed by atoms with Gasteiger partial charge >= 0.3 is 0 Å². The Morgan fingerprint density at radius 3 is 2.44 bits per heavy atom. The summed E-state index contributed by atoms with van der Waals surface area (Å²) in [4.78, 5) is 16.4. The molecule has 1 aromatic heterocycles. The molecule has 0 unspecified atom stereocenters. The zero-order valence-corrected chi connectivity index (χ0v) is 19.9. The molecule has 2 saturated heterocycles. The fourth-order valence-electron chi connectivity index (χ4n) is 3.84. The van der Waals surface area contributed by atoms with E-state index in [-0.39, 0.29) is 40.5 Å². The minimum Gasteiger partial charge on any atom is -0.379 e. The van der Waals surface area contributed by atoms with Crippen molar-refractivity contribution < 1.29 is 22.7 Å². The third kappa shape index (κ3) is 5.33. The summed E-state index contributed by atoms with van der Waals surface area (Å²) in [5, 5.41) is 5.09. The lowest BCUT2D eigenvalue weighted by Gasteiger charge is -2.34. The van der Waals surface area contributed by atoms with E-state index in [1.807, 2.05) is 11.4 Å². The van der Waals surface area contributed by atoms with Gasteiger partial charge < -0.3 is 14.8 Å². The highest BCUT2D eigenvalue weighted by Gasteiger charge is 2.29. The van der Waals surface area contributed by atoms with Crippen molar-refractivity contribution in [3.8, 4) is 0 Å². The number of ether oxygens (including phenoxy) is 2. The van der Waals surface area contributed by atoms with Gasteiger partial charge in [-0.1, -0.05) is 17.7 Å². The highest BCUT2D eigenvalue weighted by atomic mass is 35.5. The number of hydrogen-bond acceptors (Lipinski definition) is 7. The lowest BCUT2D eigenvalue weighted by atomic mass is 10.1. The molecule has 2 aliphatic heterocycles. The van der Waals surface area contributed by atoms with Crippen LogP contribution in [0.25, 0.3) is 0 Å². The van der Waals surface area contributed by atoms with Gasteiger partial charge in [0.25, 0.3) is 5.91 Å². The Morgan fingerprint density at radius 2 is 1.78 bits per heavy atom. The number of morpholine rings is 2. The average molecular weight is 500 g/mol. The molecule has 3 heterocycles. The summed E-state index contributed by atoms with van der Waals surface area (Å²) in [6, 6.07) is 8.46. The maximum atomic E-state index is 13.0. The molecular weight excluding hydrogens is 474 g/mol. The Balaban J connectivity index is 1.50. The molecule has 1 aromatic carbocycles. The Hall–Kier alpha value is -1.53. The molecule has 1 N–H and O–H groups in total. The first-order valence-electron chi connectivity index (χ1n) is 10.5. The third-order valence-corrected chi connectivity index (χ3v) is 8.95. The van der Waals surface area contributed by atoms with Crippen molar-refractivity contribution in [2.24, 2.45) is 0 Å². The Bertz CT molecular complexity index is 1020. The predicted octanol–water partition coefficient (Wildman–Crippen LogP) is 2.23. The van der Waals surface area contributed by atoms with Gasteiger partial charge in [-0.3, -0.25) is 9.69 Å². The molecule has 0 saturated carbocycles. The van der Waals surface area contributed by atoms with Gasteiger partial charge in [-0.25, -0.2) is 8.42 Å². The van der Waals surface area contributed by atoms with E-state index in [4.69, 9.17) is 21.1 Å². The van der Waals surface area contributed by atoms with Crippen LogP contribution in [0.15, 0.2) is 40.6 Å². The normalized spacial score (nSPS) is 19.5.